The quantitative estimate of drug-likeness (QED) is 0.668. The van der Waals surface area contributed by atoms with Crippen molar-refractivity contribution in [2.45, 2.75) is 71.3 Å². The normalized spacial score (nSPS) is 25.9. The third-order valence-corrected chi connectivity index (χ3v) is 8.22. The lowest BCUT2D eigenvalue weighted by molar-refractivity contribution is -0.148. The van der Waals surface area contributed by atoms with Crippen molar-refractivity contribution in [2.24, 2.45) is 5.41 Å². The molecule has 3 heterocycles. The SMILES string of the molecule is CCN1CCC(O)(c2ccc3nc(C)c(C4CCC(=O)NC4=O)cc3c2F)C(CC)(CC)C1. The summed E-state index contributed by atoms with van der Waals surface area (Å²) in [6.07, 6.45) is 2.57. The molecule has 2 aliphatic rings. The van der Waals surface area contributed by atoms with Crippen LogP contribution in [0.15, 0.2) is 18.2 Å². The summed E-state index contributed by atoms with van der Waals surface area (Å²) in [5, 5.41) is 14.8. The van der Waals surface area contributed by atoms with Crippen LogP contribution in [-0.4, -0.2) is 46.4 Å². The molecule has 7 heteroatoms. The van der Waals surface area contributed by atoms with E-state index in [2.05, 4.69) is 36.0 Å². The number of aryl methyl sites for hydroxylation is 1. The summed E-state index contributed by atoms with van der Waals surface area (Å²) in [5.41, 5.74) is 0.344. The van der Waals surface area contributed by atoms with Crippen molar-refractivity contribution in [3.05, 3.63) is 40.8 Å². The molecule has 2 fully saturated rings. The van der Waals surface area contributed by atoms with E-state index < -0.39 is 22.8 Å². The predicted molar refractivity (Wildman–Crippen MR) is 125 cm³/mol. The standard InChI is InChI=1S/C26H34FN3O3/c1-5-25(6-2)15-30(7-3)13-12-26(25,33)20-9-10-21-19(23(20)27)14-18(16(4)28-21)17-8-11-22(31)29-24(17)32/h9-10,14,17,33H,5-8,11-13,15H2,1-4H3,(H,29,31,32). The number of imide groups is 1. The number of nitrogens with one attached hydrogen (secondary N) is 1. The molecule has 6 nitrogen and oxygen atoms in total. The number of hydrogen-bond acceptors (Lipinski definition) is 5. The highest BCUT2D eigenvalue weighted by Crippen LogP contribution is 2.52. The molecule has 0 bridgehead atoms. The number of likely N-dealkylation sites (tertiary alicyclic amines) is 1. The molecule has 2 aromatic rings. The lowest BCUT2D eigenvalue weighted by Gasteiger charge is -2.53. The number of amides is 2. The van der Waals surface area contributed by atoms with Gasteiger partial charge in [-0.15, -0.1) is 0 Å². The number of fused-ring (bicyclic) bond motifs is 1. The van der Waals surface area contributed by atoms with Crippen LogP contribution < -0.4 is 5.32 Å². The number of carbonyl (C=O) groups excluding carboxylic acids is 2. The van der Waals surface area contributed by atoms with Gasteiger partial charge >= 0.3 is 0 Å². The lowest BCUT2D eigenvalue weighted by Crippen LogP contribution is -2.58. The molecule has 0 radical (unpaired) electrons. The molecule has 1 aromatic carbocycles. The van der Waals surface area contributed by atoms with Crippen LogP contribution in [0, 0.1) is 18.2 Å². The van der Waals surface area contributed by atoms with E-state index >= 15 is 4.39 Å². The van der Waals surface area contributed by atoms with Gasteiger partial charge < -0.3 is 10.0 Å². The van der Waals surface area contributed by atoms with Gasteiger partial charge in [0.05, 0.1) is 11.4 Å². The van der Waals surface area contributed by atoms with Gasteiger partial charge in [-0.3, -0.25) is 19.9 Å². The van der Waals surface area contributed by atoms with Crippen molar-refractivity contribution >= 4 is 22.7 Å². The first kappa shape index (κ1) is 23.8. The minimum Gasteiger partial charge on any atom is -0.384 e. The van der Waals surface area contributed by atoms with Gasteiger partial charge in [-0.05, 0) is 56.8 Å². The Balaban J connectivity index is 1.84. The summed E-state index contributed by atoms with van der Waals surface area (Å²) in [4.78, 5) is 31.0. The molecule has 178 valence electrons. The van der Waals surface area contributed by atoms with Crippen LogP contribution in [0.4, 0.5) is 4.39 Å². The van der Waals surface area contributed by atoms with Gasteiger partial charge in [-0.25, -0.2) is 4.39 Å². The monoisotopic (exact) mass is 455 g/mol. The first-order chi connectivity index (χ1) is 15.7. The zero-order chi connectivity index (χ0) is 24.0. The van der Waals surface area contributed by atoms with Crippen molar-refractivity contribution in [1.82, 2.24) is 15.2 Å². The molecule has 0 spiro atoms. The molecule has 0 saturated carbocycles. The van der Waals surface area contributed by atoms with Gasteiger partial charge in [0.1, 0.15) is 11.4 Å². The number of aliphatic hydroxyl groups is 1. The maximum atomic E-state index is 16.2. The van der Waals surface area contributed by atoms with Crippen LogP contribution in [0.25, 0.3) is 10.9 Å². The van der Waals surface area contributed by atoms with Crippen molar-refractivity contribution in [3.8, 4) is 0 Å². The van der Waals surface area contributed by atoms with Crippen molar-refractivity contribution in [2.75, 3.05) is 19.6 Å². The van der Waals surface area contributed by atoms with Crippen LogP contribution >= 0.6 is 0 Å². The number of benzene rings is 1. The van der Waals surface area contributed by atoms with E-state index in [0.29, 0.717) is 47.1 Å². The molecular weight excluding hydrogens is 421 g/mol. The Morgan fingerprint density at radius 1 is 1.24 bits per heavy atom. The molecule has 4 rings (SSSR count). The topological polar surface area (TPSA) is 82.5 Å². The molecule has 2 amide bonds. The average Bonchev–Trinajstić information content (AvgIpc) is 2.80. The van der Waals surface area contributed by atoms with E-state index in [-0.39, 0.29) is 18.2 Å². The van der Waals surface area contributed by atoms with E-state index in [9.17, 15) is 14.7 Å². The highest BCUT2D eigenvalue weighted by Gasteiger charge is 2.53. The number of piperidine rings is 2. The van der Waals surface area contributed by atoms with E-state index in [0.717, 1.165) is 25.9 Å². The number of hydrogen-bond donors (Lipinski definition) is 2. The fourth-order valence-corrected chi connectivity index (χ4v) is 5.96. The number of nitrogens with zero attached hydrogens (tertiary/aromatic N) is 2. The largest absolute Gasteiger partial charge is 0.384 e. The van der Waals surface area contributed by atoms with Gasteiger partial charge in [-0.2, -0.15) is 0 Å². The van der Waals surface area contributed by atoms with Crippen LogP contribution in [-0.2, 0) is 15.2 Å². The fraction of sp³-hybridized carbons (Fsp3) is 0.577. The van der Waals surface area contributed by atoms with Gasteiger partial charge in [-0.1, -0.05) is 26.8 Å². The maximum absolute atomic E-state index is 16.2. The van der Waals surface area contributed by atoms with Crippen LogP contribution in [0.5, 0.6) is 0 Å². The molecule has 1 aromatic heterocycles. The second-order valence-electron chi connectivity index (χ2n) is 9.63. The van der Waals surface area contributed by atoms with Crippen LogP contribution in [0.3, 0.4) is 0 Å². The second kappa shape index (κ2) is 8.76. The molecule has 33 heavy (non-hydrogen) atoms. The predicted octanol–water partition coefficient (Wildman–Crippen LogP) is 3.92. The first-order valence-corrected chi connectivity index (χ1v) is 12.1. The molecule has 2 N–H and O–H groups in total. The third kappa shape index (κ3) is 3.75. The second-order valence-corrected chi connectivity index (χ2v) is 9.63. The van der Waals surface area contributed by atoms with Crippen molar-refractivity contribution in [1.29, 1.82) is 0 Å². The summed E-state index contributed by atoms with van der Waals surface area (Å²) in [6.45, 7) is 10.4. The van der Waals surface area contributed by atoms with Gasteiger partial charge in [0.2, 0.25) is 11.8 Å². The number of rotatable bonds is 5. The summed E-state index contributed by atoms with van der Waals surface area (Å²) in [5.74, 6) is -1.66. The summed E-state index contributed by atoms with van der Waals surface area (Å²) >= 11 is 0. The van der Waals surface area contributed by atoms with Gasteiger partial charge in [0, 0.05) is 41.6 Å². The molecular formula is C26H34FN3O3. The van der Waals surface area contributed by atoms with Crippen molar-refractivity contribution < 1.29 is 19.1 Å². The molecule has 2 aliphatic heterocycles. The Hall–Kier alpha value is -2.38. The smallest absolute Gasteiger partial charge is 0.234 e. The van der Waals surface area contributed by atoms with Gasteiger partial charge in [0.15, 0.2) is 0 Å². The van der Waals surface area contributed by atoms with Crippen molar-refractivity contribution in [3.63, 3.8) is 0 Å². The Morgan fingerprint density at radius 2 is 1.97 bits per heavy atom. The number of halogens is 1. The zero-order valence-electron chi connectivity index (χ0n) is 20.0. The number of carbonyl (C=O) groups is 2. The first-order valence-electron chi connectivity index (χ1n) is 12.1. The van der Waals surface area contributed by atoms with Gasteiger partial charge in [0.25, 0.3) is 0 Å². The van der Waals surface area contributed by atoms with Crippen LogP contribution in [0.1, 0.15) is 75.6 Å². The summed E-state index contributed by atoms with van der Waals surface area (Å²) < 4.78 is 16.2. The molecule has 2 unspecified atom stereocenters. The number of aromatic nitrogens is 1. The zero-order valence-corrected chi connectivity index (χ0v) is 20.0. The van der Waals surface area contributed by atoms with Crippen LogP contribution in [0.2, 0.25) is 0 Å². The fourth-order valence-electron chi connectivity index (χ4n) is 5.96. The average molecular weight is 456 g/mol. The Kier molecular flexibility index (Phi) is 6.31. The van der Waals surface area contributed by atoms with E-state index in [4.69, 9.17) is 0 Å². The molecule has 2 saturated heterocycles. The minimum absolute atomic E-state index is 0.250. The Labute approximate surface area is 194 Å². The Morgan fingerprint density at radius 3 is 2.61 bits per heavy atom. The molecule has 2 atom stereocenters. The summed E-state index contributed by atoms with van der Waals surface area (Å²) in [6, 6.07) is 5.16. The minimum atomic E-state index is -1.29. The summed E-state index contributed by atoms with van der Waals surface area (Å²) in [7, 11) is 0. The highest BCUT2D eigenvalue weighted by atomic mass is 19.1. The number of pyridine rings is 1. The molecule has 0 aliphatic carbocycles. The Bertz CT molecular complexity index is 1100. The van der Waals surface area contributed by atoms with E-state index in [1.165, 1.54) is 0 Å². The highest BCUT2D eigenvalue weighted by molar-refractivity contribution is 6.01. The van der Waals surface area contributed by atoms with E-state index in [1.54, 1.807) is 25.1 Å². The maximum Gasteiger partial charge on any atom is 0.234 e. The third-order valence-electron chi connectivity index (χ3n) is 8.22. The lowest BCUT2D eigenvalue weighted by atomic mass is 9.61. The van der Waals surface area contributed by atoms with E-state index in [1.807, 2.05) is 0 Å².